The summed E-state index contributed by atoms with van der Waals surface area (Å²) in [5, 5.41) is 6.72. The van der Waals surface area contributed by atoms with Crippen LogP contribution in [0.5, 0.6) is 0 Å². The topological polar surface area (TPSA) is 50.4 Å². The summed E-state index contributed by atoms with van der Waals surface area (Å²) in [7, 11) is 0. The summed E-state index contributed by atoms with van der Waals surface area (Å²) in [5.74, 6) is 0.0684. The Morgan fingerprint density at radius 1 is 1.05 bits per heavy atom. The number of rotatable bonds is 2. The molecule has 0 aromatic carbocycles. The van der Waals surface area contributed by atoms with E-state index in [-0.39, 0.29) is 17.0 Å². The molecule has 0 atom stereocenters. The van der Waals surface area contributed by atoms with Crippen molar-refractivity contribution in [3.8, 4) is 0 Å². The Morgan fingerprint density at radius 2 is 1.53 bits per heavy atom. The lowest BCUT2D eigenvalue weighted by Gasteiger charge is -2.50. The fourth-order valence-electron chi connectivity index (χ4n) is 4.07. The summed E-state index contributed by atoms with van der Waals surface area (Å²) in [5.41, 5.74) is -1.35. The van der Waals surface area contributed by atoms with Gasteiger partial charge in [0, 0.05) is 23.9 Å². The van der Waals surface area contributed by atoms with Gasteiger partial charge in [0.15, 0.2) is 5.60 Å². The van der Waals surface area contributed by atoms with Crippen LogP contribution in [0.2, 0.25) is 0 Å². The number of piperidine rings is 1. The first-order valence-electron chi connectivity index (χ1n) is 7.40. The second-order valence-electron chi connectivity index (χ2n) is 7.50. The maximum atomic E-state index is 12.6. The molecule has 110 valence electrons. The van der Waals surface area contributed by atoms with Crippen molar-refractivity contribution in [1.29, 1.82) is 0 Å². The Labute approximate surface area is 116 Å². The molecular weight excluding hydrogens is 240 g/mol. The van der Waals surface area contributed by atoms with E-state index < -0.39 is 11.3 Å². The van der Waals surface area contributed by atoms with Crippen LogP contribution in [0.1, 0.15) is 67.2 Å². The molecule has 1 amide bonds. The van der Waals surface area contributed by atoms with Gasteiger partial charge in [0.25, 0.3) is 5.91 Å². The summed E-state index contributed by atoms with van der Waals surface area (Å²) >= 11 is 0. The fraction of sp³-hybridized carbons (Fsp3) is 0.933. The van der Waals surface area contributed by atoms with Crippen LogP contribution in [0.15, 0.2) is 0 Å². The lowest BCUT2D eigenvalue weighted by molar-refractivity contribution is -0.162. The molecule has 2 N–H and O–H groups in total. The highest BCUT2D eigenvalue weighted by Crippen LogP contribution is 2.45. The van der Waals surface area contributed by atoms with Gasteiger partial charge in [-0.15, -0.1) is 0 Å². The van der Waals surface area contributed by atoms with Crippen LogP contribution in [-0.4, -0.2) is 28.3 Å². The number of hydrogen-bond donors (Lipinski definition) is 2. The van der Waals surface area contributed by atoms with E-state index in [1.54, 1.807) is 0 Å². The highest BCUT2D eigenvalue weighted by atomic mass is 16.6. The maximum absolute atomic E-state index is 12.6. The second kappa shape index (κ2) is 4.19. The highest BCUT2D eigenvalue weighted by Gasteiger charge is 2.60. The van der Waals surface area contributed by atoms with Gasteiger partial charge in [-0.3, -0.25) is 4.79 Å². The minimum atomic E-state index is -0.676. The van der Waals surface area contributed by atoms with E-state index in [0.717, 1.165) is 25.7 Å². The van der Waals surface area contributed by atoms with Crippen molar-refractivity contribution in [2.45, 2.75) is 89.6 Å². The molecule has 0 aliphatic carbocycles. The molecule has 2 rings (SSSR count). The Morgan fingerprint density at radius 3 is 1.89 bits per heavy atom. The van der Waals surface area contributed by atoms with Gasteiger partial charge in [0.1, 0.15) is 5.72 Å². The number of ether oxygens (including phenoxy) is 1. The average molecular weight is 268 g/mol. The molecule has 0 saturated carbocycles. The zero-order valence-electron chi connectivity index (χ0n) is 13.1. The van der Waals surface area contributed by atoms with E-state index in [0.29, 0.717) is 0 Å². The Hall–Kier alpha value is -0.610. The number of carbonyl (C=O) groups excluding carboxylic acids is 1. The normalized spacial score (nSPS) is 30.3. The summed E-state index contributed by atoms with van der Waals surface area (Å²) in [6.07, 6.45) is 3.06. The molecule has 0 bridgehead atoms. The van der Waals surface area contributed by atoms with Crippen molar-refractivity contribution >= 4 is 5.91 Å². The number of carbonyl (C=O) groups is 1. The first kappa shape index (κ1) is 14.8. The van der Waals surface area contributed by atoms with Crippen molar-refractivity contribution in [2.75, 3.05) is 0 Å². The smallest absolute Gasteiger partial charge is 0.254 e. The molecule has 4 nitrogen and oxygen atoms in total. The van der Waals surface area contributed by atoms with Crippen LogP contribution in [0, 0.1) is 0 Å². The van der Waals surface area contributed by atoms with Crippen molar-refractivity contribution in [1.82, 2.24) is 10.6 Å². The van der Waals surface area contributed by atoms with Gasteiger partial charge in [-0.2, -0.15) is 0 Å². The zero-order chi connectivity index (χ0) is 14.5. The minimum Gasteiger partial charge on any atom is -0.339 e. The molecule has 4 heteroatoms. The Bertz CT molecular complexity index is 368. The monoisotopic (exact) mass is 268 g/mol. The SMILES string of the molecule is CCC1(CC)NC(=O)C2(CC(C)(C)NC(C)(C)C2)O1. The fourth-order valence-corrected chi connectivity index (χ4v) is 4.07. The molecule has 19 heavy (non-hydrogen) atoms. The van der Waals surface area contributed by atoms with E-state index >= 15 is 0 Å². The Kier molecular flexibility index (Phi) is 3.26. The molecule has 2 saturated heterocycles. The lowest BCUT2D eigenvalue weighted by atomic mass is 9.72. The van der Waals surface area contributed by atoms with Gasteiger partial charge in [-0.1, -0.05) is 13.8 Å². The van der Waals surface area contributed by atoms with Crippen molar-refractivity contribution in [3.63, 3.8) is 0 Å². The predicted octanol–water partition coefficient (Wildman–Crippen LogP) is 2.33. The molecular formula is C15H28N2O2. The number of hydrogen-bond acceptors (Lipinski definition) is 3. The van der Waals surface area contributed by atoms with Crippen LogP contribution < -0.4 is 10.6 Å². The molecule has 2 aliphatic rings. The zero-order valence-corrected chi connectivity index (χ0v) is 13.1. The van der Waals surface area contributed by atoms with Crippen LogP contribution >= 0.6 is 0 Å². The lowest BCUT2D eigenvalue weighted by Crippen LogP contribution is -2.65. The molecule has 0 radical (unpaired) electrons. The van der Waals surface area contributed by atoms with Gasteiger partial charge >= 0.3 is 0 Å². The molecule has 0 aromatic rings. The summed E-state index contributed by atoms with van der Waals surface area (Å²) in [6, 6.07) is 0. The van der Waals surface area contributed by atoms with Crippen LogP contribution in [-0.2, 0) is 9.53 Å². The van der Waals surface area contributed by atoms with Gasteiger partial charge < -0.3 is 15.4 Å². The van der Waals surface area contributed by atoms with Gasteiger partial charge in [0.2, 0.25) is 0 Å². The average Bonchev–Trinajstić information content (AvgIpc) is 2.47. The van der Waals surface area contributed by atoms with Gasteiger partial charge in [-0.25, -0.2) is 0 Å². The third kappa shape index (κ3) is 2.52. The first-order chi connectivity index (χ1) is 8.58. The molecule has 2 heterocycles. The molecule has 2 aliphatic heterocycles. The van der Waals surface area contributed by atoms with Gasteiger partial charge in [0.05, 0.1) is 0 Å². The third-order valence-corrected chi connectivity index (χ3v) is 4.42. The molecule has 0 unspecified atom stereocenters. The van der Waals surface area contributed by atoms with E-state index in [1.807, 2.05) is 0 Å². The number of amides is 1. The quantitative estimate of drug-likeness (QED) is 0.808. The standard InChI is InChI=1S/C15H28N2O2/c1-7-15(8-2)16-11(18)14(19-15)9-12(3,4)17-13(5,6)10-14/h17H,7-10H2,1-6H3,(H,16,18). The van der Waals surface area contributed by atoms with E-state index in [2.05, 4.69) is 52.2 Å². The minimum absolute atomic E-state index is 0.0684. The highest BCUT2D eigenvalue weighted by molar-refractivity contribution is 5.88. The maximum Gasteiger partial charge on any atom is 0.254 e. The number of nitrogens with one attached hydrogen (secondary N) is 2. The second-order valence-corrected chi connectivity index (χ2v) is 7.50. The van der Waals surface area contributed by atoms with E-state index in [4.69, 9.17) is 4.74 Å². The third-order valence-electron chi connectivity index (χ3n) is 4.42. The van der Waals surface area contributed by atoms with Gasteiger partial charge in [-0.05, 0) is 40.5 Å². The Balaban J connectivity index is 2.35. The molecule has 2 fully saturated rings. The van der Waals surface area contributed by atoms with Crippen LogP contribution in [0.4, 0.5) is 0 Å². The summed E-state index contributed by atoms with van der Waals surface area (Å²) < 4.78 is 6.36. The largest absolute Gasteiger partial charge is 0.339 e. The van der Waals surface area contributed by atoms with Crippen LogP contribution in [0.25, 0.3) is 0 Å². The predicted molar refractivity (Wildman–Crippen MR) is 75.8 cm³/mol. The van der Waals surface area contributed by atoms with Crippen LogP contribution in [0.3, 0.4) is 0 Å². The molecule has 1 spiro atoms. The van der Waals surface area contributed by atoms with Crippen molar-refractivity contribution in [3.05, 3.63) is 0 Å². The summed E-state index contributed by atoms with van der Waals surface area (Å²) in [4.78, 5) is 12.6. The van der Waals surface area contributed by atoms with E-state index in [1.165, 1.54) is 0 Å². The van der Waals surface area contributed by atoms with Crippen molar-refractivity contribution in [2.24, 2.45) is 0 Å². The summed E-state index contributed by atoms with van der Waals surface area (Å²) in [6.45, 7) is 12.7. The van der Waals surface area contributed by atoms with Crippen molar-refractivity contribution < 1.29 is 9.53 Å². The molecule has 0 aromatic heterocycles. The first-order valence-corrected chi connectivity index (χ1v) is 7.40. The van der Waals surface area contributed by atoms with E-state index in [9.17, 15) is 4.79 Å².